The third kappa shape index (κ3) is 5.14. The number of pyridine rings is 1. The fourth-order valence-electron chi connectivity index (χ4n) is 4.15. The van der Waals surface area contributed by atoms with Gasteiger partial charge in [0, 0.05) is 54.2 Å². The van der Waals surface area contributed by atoms with Gasteiger partial charge < -0.3 is 15.0 Å². The Labute approximate surface area is 212 Å². The molecule has 0 aliphatic carbocycles. The zero-order valence-corrected chi connectivity index (χ0v) is 19.8. The molecule has 1 N–H and O–H groups in total. The second-order valence-electron chi connectivity index (χ2n) is 8.48. The number of nitrogens with one attached hydrogen (secondary N) is 1. The van der Waals surface area contributed by atoms with Crippen LogP contribution < -0.4 is 10.2 Å². The summed E-state index contributed by atoms with van der Waals surface area (Å²) in [6, 6.07) is 18.2. The normalized spacial score (nSPS) is 13.5. The van der Waals surface area contributed by atoms with Crippen molar-refractivity contribution in [3.05, 3.63) is 91.4 Å². The average Bonchev–Trinajstić information content (AvgIpc) is 3.45. The van der Waals surface area contributed by atoms with Crippen LogP contribution in [-0.2, 0) is 4.74 Å². The van der Waals surface area contributed by atoms with Crippen molar-refractivity contribution in [3.8, 4) is 28.3 Å². The van der Waals surface area contributed by atoms with E-state index in [1.807, 2.05) is 42.5 Å². The molecule has 2 aromatic carbocycles. The number of nitrogens with zero attached hydrogens (tertiary/aromatic N) is 7. The lowest BCUT2D eigenvalue weighted by atomic mass is 10.1. The van der Waals surface area contributed by atoms with Crippen molar-refractivity contribution in [1.82, 2.24) is 29.7 Å². The fraction of sp³-hybridized carbons (Fsp3) is 0.148. The Morgan fingerprint density at radius 1 is 0.811 bits per heavy atom. The van der Waals surface area contributed by atoms with Gasteiger partial charge in [0.25, 0.3) is 0 Å². The smallest absolute Gasteiger partial charge is 0.227 e. The van der Waals surface area contributed by atoms with Crippen molar-refractivity contribution in [3.63, 3.8) is 0 Å². The van der Waals surface area contributed by atoms with E-state index in [1.165, 1.54) is 6.07 Å². The molecule has 1 aliphatic rings. The van der Waals surface area contributed by atoms with Crippen molar-refractivity contribution in [1.29, 1.82) is 0 Å². The van der Waals surface area contributed by atoms with E-state index in [9.17, 15) is 4.39 Å². The van der Waals surface area contributed by atoms with Crippen LogP contribution in [0.15, 0.2) is 85.6 Å². The van der Waals surface area contributed by atoms with Crippen molar-refractivity contribution < 1.29 is 9.13 Å². The highest BCUT2D eigenvalue weighted by Crippen LogP contribution is 2.27. The topological polar surface area (TPSA) is 93.9 Å². The molecule has 4 heterocycles. The summed E-state index contributed by atoms with van der Waals surface area (Å²) >= 11 is 0. The molecule has 0 saturated carbocycles. The van der Waals surface area contributed by atoms with Crippen LogP contribution in [0.5, 0.6) is 0 Å². The molecule has 1 saturated heterocycles. The summed E-state index contributed by atoms with van der Waals surface area (Å²) in [4.78, 5) is 19.5. The third-order valence-electron chi connectivity index (χ3n) is 6.03. The largest absolute Gasteiger partial charge is 0.378 e. The van der Waals surface area contributed by atoms with Gasteiger partial charge in [0.1, 0.15) is 12.1 Å². The van der Waals surface area contributed by atoms with Crippen LogP contribution in [0.25, 0.3) is 28.3 Å². The molecular formula is C27H23FN8O. The molecule has 1 fully saturated rings. The van der Waals surface area contributed by atoms with E-state index in [0.29, 0.717) is 36.2 Å². The van der Waals surface area contributed by atoms with Gasteiger partial charge in [-0.05, 0) is 60.7 Å². The quantitative estimate of drug-likeness (QED) is 0.369. The van der Waals surface area contributed by atoms with E-state index >= 15 is 0 Å². The summed E-state index contributed by atoms with van der Waals surface area (Å²) in [6.07, 6.45) is 6.76. The second kappa shape index (κ2) is 10.1. The Morgan fingerprint density at radius 3 is 2.43 bits per heavy atom. The number of hydrogen-bond donors (Lipinski definition) is 1. The van der Waals surface area contributed by atoms with Crippen LogP contribution in [0.1, 0.15) is 0 Å². The Morgan fingerprint density at radius 2 is 1.62 bits per heavy atom. The first-order valence-corrected chi connectivity index (χ1v) is 11.9. The minimum absolute atomic E-state index is 0.303. The van der Waals surface area contributed by atoms with Gasteiger partial charge >= 0.3 is 0 Å². The Balaban J connectivity index is 1.19. The summed E-state index contributed by atoms with van der Waals surface area (Å²) in [5.41, 5.74) is 4.72. The minimum Gasteiger partial charge on any atom is -0.378 e. The number of benzene rings is 2. The molecule has 0 radical (unpaired) electrons. The van der Waals surface area contributed by atoms with Crippen LogP contribution >= 0.6 is 0 Å². The molecular weight excluding hydrogens is 471 g/mol. The first-order valence-electron chi connectivity index (χ1n) is 11.9. The van der Waals surface area contributed by atoms with Crippen LogP contribution in [0, 0.1) is 5.82 Å². The Bertz CT molecular complexity index is 1500. The standard InChI is InChI=1S/C27H23FN8O/c28-21-15-20(16-24(17-21)35-11-13-37-14-12-35)25-7-10-30-27(33-25)32-22-1-3-23(4-2-22)36-18-31-26(34-36)19-5-8-29-9-6-19/h1-10,15-18H,11-14H2,(H,30,32,33). The number of halogens is 1. The highest BCUT2D eigenvalue weighted by Gasteiger charge is 2.14. The van der Waals surface area contributed by atoms with E-state index < -0.39 is 0 Å². The molecule has 0 spiro atoms. The Hall–Kier alpha value is -4.70. The number of anilines is 3. The van der Waals surface area contributed by atoms with Crippen LogP contribution in [0.4, 0.5) is 21.7 Å². The van der Waals surface area contributed by atoms with Crippen molar-refractivity contribution in [2.75, 3.05) is 36.5 Å². The fourth-order valence-corrected chi connectivity index (χ4v) is 4.15. The zero-order valence-electron chi connectivity index (χ0n) is 19.8. The van der Waals surface area contributed by atoms with Gasteiger partial charge in [0.15, 0.2) is 5.82 Å². The summed E-state index contributed by atoms with van der Waals surface area (Å²) in [5.74, 6) is 0.745. The minimum atomic E-state index is -0.303. The van der Waals surface area contributed by atoms with Crippen molar-refractivity contribution in [2.45, 2.75) is 0 Å². The van der Waals surface area contributed by atoms with E-state index in [0.717, 1.165) is 35.7 Å². The Kier molecular flexibility index (Phi) is 6.22. The predicted molar refractivity (Wildman–Crippen MR) is 138 cm³/mol. The molecule has 184 valence electrons. The number of aromatic nitrogens is 6. The highest BCUT2D eigenvalue weighted by atomic mass is 19.1. The van der Waals surface area contributed by atoms with Crippen molar-refractivity contribution >= 4 is 17.3 Å². The van der Waals surface area contributed by atoms with Gasteiger partial charge in [-0.2, -0.15) is 0 Å². The number of morpholine rings is 1. The molecule has 0 unspecified atom stereocenters. The zero-order chi connectivity index (χ0) is 25.0. The maximum Gasteiger partial charge on any atom is 0.227 e. The molecule has 1 aliphatic heterocycles. The molecule has 10 heteroatoms. The number of hydrogen-bond acceptors (Lipinski definition) is 8. The van der Waals surface area contributed by atoms with E-state index in [1.54, 1.807) is 41.7 Å². The first kappa shape index (κ1) is 22.7. The van der Waals surface area contributed by atoms with E-state index in [-0.39, 0.29) is 5.82 Å². The summed E-state index contributed by atoms with van der Waals surface area (Å²) in [7, 11) is 0. The SMILES string of the molecule is Fc1cc(-c2ccnc(Nc3ccc(-n4cnc(-c5ccncc5)n4)cc3)n2)cc(N2CCOCC2)c1. The third-order valence-corrected chi connectivity index (χ3v) is 6.03. The lowest BCUT2D eigenvalue weighted by Gasteiger charge is -2.29. The van der Waals surface area contributed by atoms with Crippen LogP contribution in [-0.4, -0.2) is 56.0 Å². The summed E-state index contributed by atoms with van der Waals surface area (Å²) in [6.45, 7) is 2.73. The van der Waals surface area contributed by atoms with Crippen LogP contribution in [0.3, 0.4) is 0 Å². The summed E-state index contributed by atoms with van der Waals surface area (Å²) in [5, 5.41) is 7.77. The molecule has 0 bridgehead atoms. The van der Waals surface area contributed by atoms with Gasteiger partial charge in [-0.25, -0.2) is 24.0 Å². The van der Waals surface area contributed by atoms with Crippen LogP contribution in [0.2, 0.25) is 0 Å². The van der Waals surface area contributed by atoms with Crippen molar-refractivity contribution in [2.24, 2.45) is 0 Å². The average molecular weight is 495 g/mol. The monoisotopic (exact) mass is 494 g/mol. The molecule has 3 aromatic heterocycles. The molecule has 0 atom stereocenters. The van der Waals surface area contributed by atoms with Gasteiger partial charge in [-0.1, -0.05) is 0 Å². The van der Waals surface area contributed by atoms with Gasteiger partial charge in [-0.15, -0.1) is 5.10 Å². The molecule has 6 rings (SSSR count). The second-order valence-corrected chi connectivity index (χ2v) is 8.48. The summed E-state index contributed by atoms with van der Waals surface area (Å²) < 4.78 is 21.6. The van der Waals surface area contributed by atoms with Gasteiger partial charge in [0.2, 0.25) is 5.95 Å². The molecule has 37 heavy (non-hydrogen) atoms. The van der Waals surface area contributed by atoms with E-state index in [4.69, 9.17) is 4.74 Å². The van der Waals surface area contributed by atoms with Gasteiger partial charge in [-0.3, -0.25) is 4.98 Å². The number of rotatable bonds is 6. The lowest BCUT2D eigenvalue weighted by molar-refractivity contribution is 0.122. The van der Waals surface area contributed by atoms with E-state index in [2.05, 4.69) is 35.3 Å². The number of ether oxygens (including phenoxy) is 1. The maximum absolute atomic E-state index is 14.5. The first-order chi connectivity index (χ1) is 18.2. The molecule has 5 aromatic rings. The lowest BCUT2D eigenvalue weighted by Crippen LogP contribution is -2.36. The maximum atomic E-state index is 14.5. The molecule has 9 nitrogen and oxygen atoms in total. The molecule has 0 amide bonds. The predicted octanol–water partition coefficient (Wildman–Crippen LogP) is 4.51. The highest BCUT2D eigenvalue weighted by molar-refractivity contribution is 5.67. The van der Waals surface area contributed by atoms with Gasteiger partial charge in [0.05, 0.1) is 24.6 Å².